The first kappa shape index (κ1) is 12.3. The standard InChI is InChI=1S/C12H10BrNO2S/c13-9-4-1-8(2-5-9)3-6-11-14-10(7-17-11)12(15)16/h1-2,4-5,7H,3,6H2,(H,15,16). The van der Waals surface area contributed by atoms with Crippen molar-refractivity contribution in [3.05, 3.63) is 50.4 Å². The summed E-state index contributed by atoms with van der Waals surface area (Å²) >= 11 is 4.78. The van der Waals surface area contributed by atoms with Gasteiger partial charge in [0.15, 0.2) is 5.69 Å². The van der Waals surface area contributed by atoms with Gasteiger partial charge in [0.25, 0.3) is 0 Å². The van der Waals surface area contributed by atoms with Crippen molar-refractivity contribution in [2.75, 3.05) is 0 Å². The van der Waals surface area contributed by atoms with Gasteiger partial charge in [0, 0.05) is 16.3 Å². The second-order valence-corrected chi connectivity index (χ2v) is 5.42. The van der Waals surface area contributed by atoms with E-state index >= 15 is 0 Å². The third-order valence-electron chi connectivity index (χ3n) is 2.31. The molecular formula is C12H10BrNO2S. The number of benzene rings is 1. The number of hydrogen-bond donors (Lipinski definition) is 1. The topological polar surface area (TPSA) is 50.2 Å². The van der Waals surface area contributed by atoms with E-state index in [-0.39, 0.29) is 5.69 Å². The van der Waals surface area contributed by atoms with E-state index in [1.54, 1.807) is 5.38 Å². The average Bonchev–Trinajstić information content (AvgIpc) is 2.77. The van der Waals surface area contributed by atoms with E-state index < -0.39 is 5.97 Å². The van der Waals surface area contributed by atoms with Crippen LogP contribution in [0.25, 0.3) is 0 Å². The van der Waals surface area contributed by atoms with Gasteiger partial charge in [-0.15, -0.1) is 11.3 Å². The van der Waals surface area contributed by atoms with Crippen LogP contribution in [0.4, 0.5) is 0 Å². The number of carbonyl (C=O) groups is 1. The molecule has 0 aliphatic carbocycles. The fourth-order valence-electron chi connectivity index (χ4n) is 1.43. The normalized spacial score (nSPS) is 10.4. The summed E-state index contributed by atoms with van der Waals surface area (Å²) in [5, 5.41) is 11.2. The predicted octanol–water partition coefficient (Wildman–Crippen LogP) is 3.39. The summed E-state index contributed by atoms with van der Waals surface area (Å²) in [4.78, 5) is 14.7. The SMILES string of the molecule is O=C(O)c1csc(CCc2ccc(Br)cc2)n1. The first-order valence-corrected chi connectivity index (χ1v) is 6.74. The highest BCUT2D eigenvalue weighted by Crippen LogP contribution is 2.15. The minimum absolute atomic E-state index is 0.140. The number of carboxylic acids is 1. The molecule has 0 aliphatic heterocycles. The molecule has 0 fully saturated rings. The zero-order chi connectivity index (χ0) is 12.3. The van der Waals surface area contributed by atoms with Crippen molar-refractivity contribution in [3.63, 3.8) is 0 Å². The van der Waals surface area contributed by atoms with Crippen LogP contribution in [0.5, 0.6) is 0 Å². The first-order valence-electron chi connectivity index (χ1n) is 5.07. The molecule has 1 N–H and O–H groups in total. The van der Waals surface area contributed by atoms with Gasteiger partial charge in [-0.05, 0) is 24.1 Å². The third-order valence-corrected chi connectivity index (χ3v) is 3.75. The van der Waals surface area contributed by atoms with Crippen molar-refractivity contribution in [1.29, 1.82) is 0 Å². The summed E-state index contributed by atoms with van der Waals surface area (Å²) in [5.41, 5.74) is 1.36. The van der Waals surface area contributed by atoms with Crippen LogP contribution in [0, 0.1) is 0 Å². The Morgan fingerprint density at radius 2 is 2.00 bits per heavy atom. The highest BCUT2D eigenvalue weighted by molar-refractivity contribution is 9.10. The molecular weight excluding hydrogens is 302 g/mol. The first-order chi connectivity index (χ1) is 8.15. The summed E-state index contributed by atoms with van der Waals surface area (Å²) in [6.45, 7) is 0. The third kappa shape index (κ3) is 3.38. The number of aryl methyl sites for hydroxylation is 2. The average molecular weight is 312 g/mol. The monoisotopic (exact) mass is 311 g/mol. The van der Waals surface area contributed by atoms with E-state index in [1.165, 1.54) is 16.9 Å². The smallest absolute Gasteiger partial charge is 0.355 e. The second-order valence-electron chi connectivity index (χ2n) is 3.56. The Balaban J connectivity index is 1.97. The maximum Gasteiger partial charge on any atom is 0.355 e. The molecule has 0 bridgehead atoms. The Morgan fingerprint density at radius 1 is 1.29 bits per heavy atom. The van der Waals surface area contributed by atoms with Crippen LogP contribution in [0.1, 0.15) is 21.1 Å². The number of aromatic nitrogens is 1. The van der Waals surface area contributed by atoms with Gasteiger partial charge in [0.1, 0.15) is 0 Å². The maximum absolute atomic E-state index is 10.7. The molecule has 0 unspecified atom stereocenters. The van der Waals surface area contributed by atoms with Gasteiger partial charge in [-0.25, -0.2) is 9.78 Å². The van der Waals surface area contributed by atoms with E-state index in [4.69, 9.17) is 5.11 Å². The largest absolute Gasteiger partial charge is 0.476 e. The summed E-state index contributed by atoms with van der Waals surface area (Å²) in [6.07, 6.45) is 1.65. The maximum atomic E-state index is 10.7. The molecule has 88 valence electrons. The molecule has 1 aromatic carbocycles. The zero-order valence-electron chi connectivity index (χ0n) is 8.89. The molecule has 0 atom stereocenters. The number of rotatable bonds is 4. The number of nitrogens with zero attached hydrogens (tertiary/aromatic N) is 1. The fourth-order valence-corrected chi connectivity index (χ4v) is 2.46. The van der Waals surface area contributed by atoms with Crippen molar-refractivity contribution in [2.24, 2.45) is 0 Å². The van der Waals surface area contributed by atoms with Crippen molar-refractivity contribution in [1.82, 2.24) is 4.98 Å². The number of aromatic carboxylic acids is 1. The summed E-state index contributed by atoms with van der Waals surface area (Å²) < 4.78 is 1.06. The van der Waals surface area contributed by atoms with Gasteiger partial charge in [-0.2, -0.15) is 0 Å². The van der Waals surface area contributed by atoms with E-state index in [9.17, 15) is 4.79 Å². The second kappa shape index (κ2) is 5.42. The highest BCUT2D eigenvalue weighted by atomic mass is 79.9. The quantitative estimate of drug-likeness (QED) is 0.941. The molecule has 3 nitrogen and oxygen atoms in total. The van der Waals surface area contributed by atoms with E-state index in [1.807, 2.05) is 12.1 Å². The van der Waals surface area contributed by atoms with Crippen molar-refractivity contribution < 1.29 is 9.90 Å². The Bertz CT molecular complexity index is 522. The van der Waals surface area contributed by atoms with Gasteiger partial charge in [0.05, 0.1) is 5.01 Å². The van der Waals surface area contributed by atoms with Crippen LogP contribution >= 0.6 is 27.3 Å². The van der Waals surface area contributed by atoms with Gasteiger partial charge in [-0.3, -0.25) is 0 Å². The van der Waals surface area contributed by atoms with Crippen molar-refractivity contribution in [3.8, 4) is 0 Å². The molecule has 0 aliphatic rings. The zero-order valence-corrected chi connectivity index (χ0v) is 11.3. The van der Waals surface area contributed by atoms with Crippen LogP contribution in [0.2, 0.25) is 0 Å². The molecule has 17 heavy (non-hydrogen) atoms. The number of hydrogen-bond acceptors (Lipinski definition) is 3. The molecule has 0 saturated heterocycles. The lowest BCUT2D eigenvalue weighted by Gasteiger charge is -1.99. The molecule has 2 rings (SSSR count). The molecule has 1 heterocycles. The van der Waals surface area contributed by atoms with Crippen LogP contribution in [-0.2, 0) is 12.8 Å². The predicted molar refractivity (Wildman–Crippen MR) is 70.6 cm³/mol. The summed E-state index contributed by atoms with van der Waals surface area (Å²) in [6, 6.07) is 8.10. The Labute approximate surface area is 111 Å². The summed E-state index contributed by atoms with van der Waals surface area (Å²) in [5.74, 6) is -0.962. The molecule has 1 aromatic heterocycles. The number of halogens is 1. The Hall–Kier alpha value is -1.20. The molecule has 2 aromatic rings. The minimum atomic E-state index is -0.962. The lowest BCUT2D eigenvalue weighted by atomic mass is 10.1. The van der Waals surface area contributed by atoms with Gasteiger partial charge in [-0.1, -0.05) is 28.1 Å². The Morgan fingerprint density at radius 3 is 2.59 bits per heavy atom. The van der Waals surface area contributed by atoms with Crippen LogP contribution in [0.3, 0.4) is 0 Å². The molecule has 0 radical (unpaired) electrons. The van der Waals surface area contributed by atoms with Crippen LogP contribution in [0.15, 0.2) is 34.1 Å². The molecule has 0 saturated carbocycles. The van der Waals surface area contributed by atoms with Gasteiger partial charge in [0.2, 0.25) is 0 Å². The highest BCUT2D eigenvalue weighted by Gasteiger charge is 2.08. The van der Waals surface area contributed by atoms with E-state index in [0.29, 0.717) is 0 Å². The van der Waals surface area contributed by atoms with Crippen molar-refractivity contribution in [2.45, 2.75) is 12.8 Å². The number of thiazole rings is 1. The molecule has 0 amide bonds. The van der Waals surface area contributed by atoms with E-state index in [2.05, 4.69) is 33.0 Å². The number of carboxylic acid groups (broad SMARTS) is 1. The lowest BCUT2D eigenvalue weighted by molar-refractivity contribution is 0.0691. The lowest BCUT2D eigenvalue weighted by Crippen LogP contribution is -1.97. The summed E-state index contributed by atoms with van der Waals surface area (Å²) in [7, 11) is 0. The van der Waals surface area contributed by atoms with Crippen LogP contribution < -0.4 is 0 Å². The van der Waals surface area contributed by atoms with E-state index in [0.717, 1.165) is 22.3 Å². The van der Waals surface area contributed by atoms with Gasteiger partial charge >= 0.3 is 5.97 Å². The Kier molecular flexibility index (Phi) is 3.91. The molecule has 0 spiro atoms. The van der Waals surface area contributed by atoms with Crippen LogP contribution in [-0.4, -0.2) is 16.1 Å². The van der Waals surface area contributed by atoms with Gasteiger partial charge < -0.3 is 5.11 Å². The van der Waals surface area contributed by atoms with Crippen molar-refractivity contribution >= 4 is 33.2 Å². The molecule has 5 heteroatoms. The fraction of sp³-hybridized carbons (Fsp3) is 0.167. The minimum Gasteiger partial charge on any atom is -0.476 e.